The maximum Gasteiger partial charge on any atom is 0.321 e. The van der Waals surface area contributed by atoms with Gasteiger partial charge >= 0.3 is 5.97 Å². The number of nitrogens with zero attached hydrogens (tertiary/aromatic N) is 1. The summed E-state index contributed by atoms with van der Waals surface area (Å²) >= 11 is 0. The van der Waals surface area contributed by atoms with Crippen molar-refractivity contribution in [2.45, 2.75) is 45.2 Å². The molecule has 0 aromatic heterocycles. The molecule has 0 radical (unpaired) electrons. The second kappa shape index (κ2) is 6.94. The normalized spacial score (nSPS) is 24.0. The first-order chi connectivity index (χ1) is 10.0. The highest BCUT2D eigenvalue weighted by Crippen LogP contribution is 2.27. The van der Waals surface area contributed by atoms with Crippen LogP contribution in [0.3, 0.4) is 0 Å². The van der Waals surface area contributed by atoms with Crippen molar-refractivity contribution in [1.29, 1.82) is 0 Å². The molecule has 1 heterocycles. The highest BCUT2D eigenvalue weighted by Gasteiger charge is 2.38. The molecule has 1 N–H and O–H groups in total. The van der Waals surface area contributed by atoms with Gasteiger partial charge in [-0.3, -0.25) is 9.69 Å². The molecule has 1 fully saturated rings. The zero-order valence-electron chi connectivity index (χ0n) is 13.1. The van der Waals surface area contributed by atoms with E-state index in [0.717, 1.165) is 31.6 Å². The monoisotopic (exact) mass is 291 g/mol. The first kappa shape index (κ1) is 15.8. The second-order valence-corrected chi connectivity index (χ2v) is 6.02. The lowest BCUT2D eigenvalue weighted by molar-refractivity contribution is -0.144. The number of hydrogen-bond acceptors (Lipinski definition) is 3. The van der Waals surface area contributed by atoms with Crippen LogP contribution in [-0.4, -0.2) is 41.7 Å². The molecule has 3 unspecified atom stereocenters. The summed E-state index contributed by atoms with van der Waals surface area (Å²) in [5.41, 5.74) is 1.27. The molecule has 1 aliphatic heterocycles. The van der Waals surface area contributed by atoms with E-state index in [0.29, 0.717) is 0 Å². The summed E-state index contributed by atoms with van der Waals surface area (Å²) in [6.45, 7) is 5.06. The van der Waals surface area contributed by atoms with Crippen LogP contribution in [0.1, 0.15) is 32.3 Å². The van der Waals surface area contributed by atoms with Crippen LogP contribution in [0.4, 0.5) is 0 Å². The summed E-state index contributed by atoms with van der Waals surface area (Å²) in [7, 11) is 1.66. The van der Waals surface area contributed by atoms with Gasteiger partial charge in [0.05, 0.1) is 7.11 Å². The molecule has 2 rings (SSSR count). The quantitative estimate of drug-likeness (QED) is 0.875. The van der Waals surface area contributed by atoms with Gasteiger partial charge in [0.2, 0.25) is 0 Å². The van der Waals surface area contributed by atoms with E-state index >= 15 is 0 Å². The number of carbonyl (C=O) groups is 1. The molecule has 0 bridgehead atoms. The Labute approximate surface area is 126 Å². The highest BCUT2D eigenvalue weighted by molar-refractivity contribution is 5.74. The number of likely N-dealkylation sites (tertiary alicyclic amines) is 1. The number of rotatable bonds is 6. The number of carboxylic acids is 1. The summed E-state index contributed by atoms with van der Waals surface area (Å²) in [4.78, 5) is 13.6. The maximum atomic E-state index is 11.4. The van der Waals surface area contributed by atoms with Crippen LogP contribution < -0.4 is 4.74 Å². The van der Waals surface area contributed by atoms with E-state index in [4.69, 9.17) is 4.74 Å². The van der Waals surface area contributed by atoms with Crippen LogP contribution >= 0.6 is 0 Å². The van der Waals surface area contributed by atoms with Crippen molar-refractivity contribution in [2.75, 3.05) is 13.7 Å². The lowest BCUT2D eigenvalue weighted by atomic mass is 10.0. The van der Waals surface area contributed by atoms with Gasteiger partial charge < -0.3 is 9.84 Å². The van der Waals surface area contributed by atoms with Crippen LogP contribution in [0, 0.1) is 5.92 Å². The second-order valence-electron chi connectivity index (χ2n) is 6.02. The fourth-order valence-corrected chi connectivity index (χ4v) is 3.19. The van der Waals surface area contributed by atoms with E-state index in [2.05, 4.69) is 24.0 Å². The molecule has 1 aliphatic rings. The van der Waals surface area contributed by atoms with Gasteiger partial charge in [0.25, 0.3) is 0 Å². The molecule has 1 aromatic rings. The fourth-order valence-electron chi connectivity index (χ4n) is 3.19. The lowest BCUT2D eigenvalue weighted by Crippen LogP contribution is -2.44. The SMILES string of the molecule is COc1ccc(CCC(C)N2CCC(C)C2C(=O)O)cc1. The Hall–Kier alpha value is -1.55. The van der Waals surface area contributed by atoms with Crippen molar-refractivity contribution < 1.29 is 14.6 Å². The summed E-state index contributed by atoms with van der Waals surface area (Å²) in [5.74, 6) is 0.424. The molecule has 1 saturated heterocycles. The maximum absolute atomic E-state index is 11.4. The van der Waals surface area contributed by atoms with Crippen LogP contribution in [0.5, 0.6) is 5.75 Å². The average molecular weight is 291 g/mol. The van der Waals surface area contributed by atoms with Gasteiger partial charge in [0, 0.05) is 6.04 Å². The van der Waals surface area contributed by atoms with Gasteiger partial charge in [0.15, 0.2) is 0 Å². The molecule has 0 amide bonds. The zero-order valence-corrected chi connectivity index (χ0v) is 13.1. The molecule has 0 spiro atoms. The molecular formula is C17H25NO3. The Balaban J connectivity index is 1.91. The van der Waals surface area contributed by atoms with Crippen LogP contribution in [0.2, 0.25) is 0 Å². The van der Waals surface area contributed by atoms with Crippen LogP contribution in [-0.2, 0) is 11.2 Å². The number of methoxy groups -OCH3 is 1. The first-order valence-electron chi connectivity index (χ1n) is 7.64. The van der Waals surface area contributed by atoms with Crippen molar-refractivity contribution in [1.82, 2.24) is 4.90 Å². The van der Waals surface area contributed by atoms with Gasteiger partial charge in [-0.1, -0.05) is 19.1 Å². The molecule has 1 aromatic carbocycles. The Morgan fingerprint density at radius 1 is 1.43 bits per heavy atom. The smallest absolute Gasteiger partial charge is 0.321 e. The molecule has 116 valence electrons. The van der Waals surface area contributed by atoms with E-state index in [9.17, 15) is 9.90 Å². The van der Waals surface area contributed by atoms with E-state index in [1.165, 1.54) is 5.56 Å². The minimum Gasteiger partial charge on any atom is -0.497 e. The molecular weight excluding hydrogens is 266 g/mol. The number of aryl methyl sites for hydroxylation is 1. The molecule has 21 heavy (non-hydrogen) atoms. The van der Waals surface area contributed by atoms with E-state index in [-0.39, 0.29) is 18.0 Å². The minimum atomic E-state index is -0.684. The Morgan fingerprint density at radius 3 is 2.67 bits per heavy atom. The van der Waals surface area contributed by atoms with Crippen LogP contribution in [0.15, 0.2) is 24.3 Å². The van der Waals surface area contributed by atoms with Gasteiger partial charge in [0.1, 0.15) is 11.8 Å². The average Bonchev–Trinajstić information content (AvgIpc) is 2.87. The van der Waals surface area contributed by atoms with Gasteiger partial charge in [-0.15, -0.1) is 0 Å². The van der Waals surface area contributed by atoms with E-state index < -0.39 is 5.97 Å². The van der Waals surface area contributed by atoms with Crippen molar-refractivity contribution >= 4 is 5.97 Å². The number of hydrogen-bond donors (Lipinski definition) is 1. The predicted octanol–water partition coefficient (Wildman–Crippen LogP) is 2.81. The highest BCUT2D eigenvalue weighted by atomic mass is 16.5. The summed E-state index contributed by atoms with van der Waals surface area (Å²) < 4.78 is 5.15. The summed E-state index contributed by atoms with van der Waals surface area (Å²) in [6.07, 6.45) is 2.91. The lowest BCUT2D eigenvalue weighted by Gasteiger charge is -2.29. The minimum absolute atomic E-state index is 0.242. The van der Waals surface area contributed by atoms with E-state index in [1.807, 2.05) is 19.1 Å². The third kappa shape index (κ3) is 3.76. The van der Waals surface area contributed by atoms with Gasteiger partial charge in [-0.25, -0.2) is 0 Å². The summed E-state index contributed by atoms with van der Waals surface area (Å²) in [5, 5.41) is 9.39. The third-order valence-corrected chi connectivity index (χ3v) is 4.57. The molecule has 4 heteroatoms. The zero-order chi connectivity index (χ0) is 15.4. The largest absolute Gasteiger partial charge is 0.497 e. The number of aliphatic carboxylic acids is 1. The Bertz CT molecular complexity index is 471. The van der Waals surface area contributed by atoms with Crippen molar-refractivity contribution in [3.63, 3.8) is 0 Å². The van der Waals surface area contributed by atoms with Gasteiger partial charge in [-0.2, -0.15) is 0 Å². The summed E-state index contributed by atoms with van der Waals surface area (Å²) in [6, 6.07) is 8.06. The third-order valence-electron chi connectivity index (χ3n) is 4.57. The molecule has 4 nitrogen and oxygen atoms in total. The Kier molecular flexibility index (Phi) is 5.23. The van der Waals surface area contributed by atoms with Gasteiger partial charge in [-0.05, 0) is 56.3 Å². The number of benzene rings is 1. The Morgan fingerprint density at radius 2 is 2.10 bits per heavy atom. The number of carboxylic acid groups (broad SMARTS) is 1. The molecule has 0 saturated carbocycles. The molecule has 3 atom stereocenters. The first-order valence-corrected chi connectivity index (χ1v) is 7.64. The van der Waals surface area contributed by atoms with Crippen molar-refractivity contribution in [2.24, 2.45) is 5.92 Å². The van der Waals surface area contributed by atoms with E-state index in [1.54, 1.807) is 7.11 Å². The predicted molar refractivity (Wildman–Crippen MR) is 82.7 cm³/mol. The topological polar surface area (TPSA) is 49.8 Å². The van der Waals surface area contributed by atoms with Crippen molar-refractivity contribution in [3.05, 3.63) is 29.8 Å². The number of ether oxygens (including phenoxy) is 1. The standard InChI is InChI=1S/C17H25NO3/c1-12-10-11-18(16(12)17(19)20)13(2)4-5-14-6-8-15(21-3)9-7-14/h6-9,12-13,16H,4-5,10-11H2,1-3H3,(H,19,20). The van der Waals surface area contributed by atoms with Crippen molar-refractivity contribution in [3.8, 4) is 5.75 Å². The van der Waals surface area contributed by atoms with Crippen LogP contribution in [0.25, 0.3) is 0 Å². The molecule has 0 aliphatic carbocycles. The fraction of sp³-hybridized carbons (Fsp3) is 0.588.